The summed E-state index contributed by atoms with van der Waals surface area (Å²) >= 11 is 0. The van der Waals surface area contributed by atoms with Crippen LogP contribution in [0.2, 0.25) is 39.3 Å². The Hall–Kier alpha value is -0.306. The molecule has 0 amide bonds. The van der Waals surface area contributed by atoms with Crippen molar-refractivity contribution in [1.29, 1.82) is 0 Å². The maximum Gasteiger partial charge on any atom is 0.183 e. The standard InChI is InChI=1S/C34H64N2O2Si2/c1-39(2,3)37-25-13-23-33(35-31-21-11-17-27-15-7-9-19-29(27)31)34(24-14-26-38-40(4,5)6)36-32-22-12-18-28-16-8-10-20-30(28)32/h27-32H,7-26H2,1-6H3. The Balaban J connectivity index is 1.59. The van der Waals surface area contributed by atoms with Crippen LogP contribution in [0, 0.1) is 23.7 Å². The van der Waals surface area contributed by atoms with Crippen molar-refractivity contribution in [2.24, 2.45) is 33.7 Å². The largest absolute Gasteiger partial charge is 0.418 e. The number of aliphatic imine (C=N–C) groups is 2. The molecule has 6 unspecified atom stereocenters. The van der Waals surface area contributed by atoms with E-state index in [0.29, 0.717) is 12.1 Å². The molecule has 4 nitrogen and oxygen atoms in total. The lowest BCUT2D eigenvalue weighted by Gasteiger charge is -2.40. The first-order valence-electron chi connectivity index (χ1n) is 17.5. The zero-order valence-electron chi connectivity index (χ0n) is 27.3. The zero-order chi connectivity index (χ0) is 28.6. The molecule has 0 aliphatic heterocycles. The van der Waals surface area contributed by atoms with Crippen molar-refractivity contribution < 1.29 is 8.85 Å². The lowest BCUT2D eigenvalue weighted by atomic mass is 9.68. The molecule has 0 spiro atoms. The van der Waals surface area contributed by atoms with Crippen LogP contribution in [0.3, 0.4) is 0 Å². The van der Waals surface area contributed by atoms with Crippen LogP contribution in [-0.4, -0.2) is 53.4 Å². The summed E-state index contributed by atoms with van der Waals surface area (Å²) in [7, 11) is -3.01. The molecule has 40 heavy (non-hydrogen) atoms. The number of fused-ring (bicyclic) bond motifs is 2. The predicted molar refractivity (Wildman–Crippen MR) is 178 cm³/mol. The average molecular weight is 589 g/mol. The Morgan fingerprint density at radius 2 is 0.900 bits per heavy atom. The minimum Gasteiger partial charge on any atom is -0.418 e. The van der Waals surface area contributed by atoms with Crippen molar-refractivity contribution in [2.75, 3.05) is 13.2 Å². The summed E-state index contributed by atoms with van der Waals surface area (Å²) in [5.74, 6) is 3.45. The van der Waals surface area contributed by atoms with E-state index in [2.05, 4.69) is 39.3 Å². The van der Waals surface area contributed by atoms with Gasteiger partial charge in [0, 0.05) is 13.2 Å². The highest BCUT2D eigenvalue weighted by Gasteiger charge is 2.37. The smallest absolute Gasteiger partial charge is 0.183 e. The summed E-state index contributed by atoms with van der Waals surface area (Å²) in [5.41, 5.74) is 2.72. The first kappa shape index (κ1) is 32.6. The molecule has 6 heteroatoms. The number of hydrogen-bond donors (Lipinski definition) is 0. The van der Waals surface area contributed by atoms with E-state index < -0.39 is 16.6 Å². The van der Waals surface area contributed by atoms with Gasteiger partial charge in [0.2, 0.25) is 0 Å². The van der Waals surface area contributed by atoms with E-state index in [0.717, 1.165) is 62.6 Å². The van der Waals surface area contributed by atoms with Gasteiger partial charge < -0.3 is 8.85 Å². The van der Waals surface area contributed by atoms with Gasteiger partial charge >= 0.3 is 0 Å². The van der Waals surface area contributed by atoms with Crippen molar-refractivity contribution >= 4 is 28.1 Å². The first-order valence-corrected chi connectivity index (χ1v) is 24.3. The van der Waals surface area contributed by atoms with Gasteiger partial charge in [-0.3, -0.25) is 9.98 Å². The van der Waals surface area contributed by atoms with Gasteiger partial charge in [-0.2, -0.15) is 0 Å². The van der Waals surface area contributed by atoms with E-state index >= 15 is 0 Å². The summed E-state index contributed by atoms with van der Waals surface area (Å²) in [5, 5.41) is 0. The normalized spacial score (nSPS) is 32.5. The molecule has 4 aliphatic rings. The van der Waals surface area contributed by atoms with Crippen LogP contribution >= 0.6 is 0 Å². The van der Waals surface area contributed by atoms with Gasteiger partial charge in [0.25, 0.3) is 0 Å². The predicted octanol–water partition coefficient (Wildman–Crippen LogP) is 9.85. The van der Waals surface area contributed by atoms with E-state index in [1.807, 2.05) is 0 Å². The molecule has 0 aromatic carbocycles. The Kier molecular flexibility index (Phi) is 12.6. The van der Waals surface area contributed by atoms with Gasteiger partial charge in [0.05, 0.1) is 23.5 Å². The van der Waals surface area contributed by atoms with Crippen molar-refractivity contribution in [3.05, 3.63) is 0 Å². The Morgan fingerprint density at radius 3 is 1.30 bits per heavy atom. The first-order chi connectivity index (χ1) is 19.1. The molecule has 0 heterocycles. The molecule has 0 saturated heterocycles. The number of hydrogen-bond acceptors (Lipinski definition) is 4. The maximum absolute atomic E-state index is 6.32. The summed E-state index contributed by atoms with van der Waals surface area (Å²) < 4.78 is 12.6. The monoisotopic (exact) mass is 588 g/mol. The maximum atomic E-state index is 6.32. The Morgan fingerprint density at radius 1 is 0.525 bits per heavy atom. The molecule has 4 saturated carbocycles. The van der Waals surface area contributed by atoms with Crippen molar-refractivity contribution in [3.8, 4) is 0 Å². The van der Waals surface area contributed by atoms with Gasteiger partial charge in [0.1, 0.15) is 0 Å². The van der Waals surface area contributed by atoms with E-state index in [1.54, 1.807) is 0 Å². The third-order valence-corrected chi connectivity index (χ3v) is 12.4. The van der Waals surface area contributed by atoms with Gasteiger partial charge in [-0.15, -0.1) is 0 Å². The molecule has 0 N–H and O–H groups in total. The highest BCUT2D eigenvalue weighted by molar-refractivity contribution is 6.70. The topological polar surface area (TPSA) is 43.2 Å². The van der Waals surface area contributed by atoms with Crippen LogP contribution in [0.5, 0.6) is 0 Å². The number of rotatable bonds is 13. The van der Waals surface area contributed by atoms with Gasteiger partial charge in [-0.1, -0.05) is 64.2 Å². The molecular weight excluding hydrogens is 525 g/mol. The van der Waals surface area contributed by atoms with Crippen molar-refractivity contribution in [3.63, 3.8) is 0 Å². The molecule has 4 fully saturated rings. The van der Waals surface area contributed by atoms with Crippen LogP contribution < -0.4 is 0 Å². The van der Waals surface area contributed by atoms with E-state index in [-0.39, 0.29) is 0 Å². The SMILES string of the molecule is C[Si](C)(C)OCCCC(=NC1CCCC2CCCCC21)C(CCCO[Si](C)(C)C)=NC1CCCC2CCCCC21. The molecular formula is C34H64N2O2Si2. The fourth-order valence-electron chi connectivity index (χ4n) is 8.33. The quantitative estimate of drug-likeness (QED) is 0.122. The Bertz CT molecular complexity index is 759. The van der Waals surface area contributed by atoms with Crippen LogP contribution in [0.15, 0.2) is 9.98 Å². The molecule has 0 aromatic heterocycles. The molecule has 0 radical (unpaired) electrons. The molecule has 230 valence electrons. The van der Waals surface area contributed by atoms with Gasteiger partial charge in [-0.05, 0) is 114 Å². The average Bonchev–Trinajstić information content (AvgIpc) is 2.91. The van der Waals surface area contributed by atoms with Gasteiger partial charge in [-0.25, -0.2) is 0 Å². The third kappa shape index (κ3) is 10.4. The van der Waals surface area contributed by atoms with E-state index in [9.17, 15) is 0 Å². The molecule has 0 bridgehead atoms. The lowest BCUT2D eigenvalue weighted by molar-refractivity contribution is 0.147. The molecule has 0 aromatic rings. The van der Waals surface area contributed by atoms with E-state index in [1.165, 1.54) is 101 Å². The summed E-state index contributed by atoms with van der Waals surface area (Å²) in [6.45, 7) is 15.6. The summed E-state index contributed by atoms with van der Waals surface area (Å²) in [6, 6.07) is 1.04. The summed E-state index contributed by atoms with van der Waals surface area (Å²) in [6.07, 6.45) is 23.8. The fraction of sp³-hybridized carbons (Fsp3) is 0.941. The van der Waals surface area contributed by atoms with Crippen LogP contribution in [-0.2, 0) is 8.85 Å². The fourth-order valence-corrected chi connectivity index (χ4v) is 9.85. The minimum atomic E-state index is -1.50. The number of nitrogens with zero attached hydrogens (tertiary/aromatic N) is 2. The van der Waals surface area contributed by atoms with Crippen LogP contribution in [0.1, 0.15) is 116 Å². The van der Waals surface area contributed by atoms with Crippen molar-refractivity contribution in [1.82, 2.24) is 0 Å². The second-order valence-electron chi connectivity index (χ2n) is 15.7. The minimum absolute atomic E-state index is 0.518. The second kappa shape index (κ2) is 15.4. The Labute approximate surface area is 250 Å². The van der Waals surface area contributed by atoms with E-state index in [4.69, 9.17) is 18.8 Å². The second-order valence-corrected chi connectivity index (χ2v) is 24.7. The highest BCUT2D eigenvalue weighted by atomic mass is 28.4. The zero-order valence-corrected chi connectivity index (χ0v) is 29.3. The molecule has 6 atom stereocenters. The lowest BCUT2D eigenvalue weighted by Crippen LogP contribution is -2.36. The van der Waals surface area contributed by atoms with Gasteiger partial charge in [0.15, 0.2) is 16.6 Å². The van der Waals surface area contributed by atoms with Crippen molar-refractivity contribution in [2.45, 2.75) is 167 Å². The highest BCUT2D eigenvalue weighted by Crippen LogP contribution is 2.43. The third-order valence-electron chi connectivity index (χ3n) is 10.2. The molecule has 4 rings (SSSR count). The van der Waals surface area contributed by atoms with Crippen LogP contribution in [0.25, 0.3) is 0 Å². The summed E-state index contributed by atoms with van der Waals surface area (Å²) in [4.78, 5) is 11.5. The molecule has 4 aliphatic carbocycles. The van der Waals surface area contributed by atoms with Crippen LogP contribution in [0.4, 0.5) is 0 Å².